The first-order chi connectivity index (χ1) is 13.7. The number of carbonyl (C=O) groups is 2. The first-order valence-corrected chi connectivity index (χ1v) is 10.7. The molecule has 1 aliphatic rings. The SMILES string of the molecule is CCCC/C=C/c1nc(C(=O)N[C@H](C(=O)NC)C(C)(C)C)c2n1CCCN(C)C2. The summed E-state index contributed by atoms with van der Waals surface area (Å²) in [5, 5.41) is 5.58. The van der Waals surface area contributed by atoms with Crippen molar-refractivity contribution >= 4 is 17.9 Å². The summed E-state index contributed by atoms with van der Waals surface area (Å²) in [6.45, 7) is 10.5. The van der Waals surface area contributed by atoms with Gasteiger partial charge in [-0.05, 0) is 37.9 Å². The molecule has 1 aliphatic heterocycles. The minimum atomic E-state index is -0.635. The van der Waals surface area contributed by atoms with E-state index >= 15 is 0 Å². The zero-order valence-corrected chi connectivity index (χ0v) is 18.8. The highest BCUT2D eigenvalue weighted by Gasteiger charge is 2.34. The molecular formula is C22H37N5O2. The minimum Gasteiger partial charge on any atom is -0.357 e. The summed E-state index contributed by atoms with van der Waals surface area (Å²) in [5.41, 5.74) is 0.931. The lowest BCUT2D eigenvalue weighted by atomic mass is 9.86. The van der Waals surface area contributed by atoms with E-state index in [1.54, 1.807) is 7.05 Å². The van der Waals surface area contributed by atoms with Gasteiger partial charge in [-0.2, -0.15) is 0 Å². The van der Waals surface area contributed by atoms with Crippen molar-refractivity contribution in [3.63, 3.8) is 0 Å². The third-order valence-electron chi connectivity index (χ3n) is 5.30. The summed E-state index contributed by atoms with van der Waals surface area (Å²) in [5.74, 6) is 0.331. The lowest BCUT2D eigenvalue weighted by Crippen LogP contribution is -2.53. The van der Waals surface area contributed by atoms with Gasteiger partial charge >= 0.3 is 0 Å². The quantitative estimate of drug-likeness (QED) is 0.686. The number of hydrogen-bond acceptors (Lipinski definition) is 4. The summed E-state index contributed by atoms with van der Waals surface area (Å²) < 4.78 is 2.16. The van der Waals surface area contributed by atoms with Crippen LogP contribution in [0.1, 0.15) is 75.4 Å². The smallest absolute Gasteiger partial charge is 0.272 e. The Kier molecular flexibility index (Phi) is 8.02. The monoisotopic (exact) mass is 403 g/mol. The maximum absolute atomic E-state index is 13.2. The zero-order chi connectivity index (χ0) is 21.6. The highest BCUT2D eigenvalue weighted by atomic mass is 16.2. The molecule has 1 aromatic rings. The van der Waals surface area contributed by atoms with Gasteiger partial charge in [-0.3, -0.25) is 9.59 Å². The fraction of sp³-hybridized carbons (Fsp3) is 0.682. The van der Waals surface area contributed by atoms with Gasteiger partial charge in [0.1, 0.15) is 11.9 Å². The average molecular weight is 404 g/mol. The van der Waals surface area contributed by atoms with Crippen LogP contribution in [0.2, 0.25) is 0 Å². The number of hydrogen-bond donors (Lipinski definition) is 2. The zero-order valence-electron chi connectivity index (χ0n) is 18.8. The second-order valence-corrected chi connectivity index (χ2v) is 8.94. The molecule has 2 amide bonds. The number of allylic oxidation sites excluding steroid dienone is 1. The van der Waals surface area contributed by atoms with Gasteiger partial charge in [-0.1, -0.05) is 46.6 Å². The molecule has 0 aliphatic carbocycles. The summed E-state index contributed by atoms with van der Waals surface area (Å²) in [4.78, 5) is 32.5. The van der Waals surface area contributed by atoms with Gasteiger partial charge in [0.25, 0.3) is 5.91 Å². The predicted molar refractivity (Wildman–Crippen MR) is 117 cm³/mol. The van der Waals surface area contributed by atoms with Gasteiger partial charge in [0.05, 0.1) is 5.69 Å². The van der Waals surface area contributed by atoms with Crippen molar-refractivity contribution in [3.05, 3.63) is 23.3 Å². The van der Waals surface area contributed by atoms with Crippen LogP contribution in [0.15, 0.2) is 6.08 Å². The van der Waals surface area contributed by atoms with Crippen molar-refractivity contribution < 1.29 is 9.59 Å². The normalized spacial score (nSPS) is 16.3. The molecule has 2 rings (SSSR count). The van der Waals surface area contributed by atoms with E-state index in [0.717, 1.165) is 50.3 Å². The molecule has 0 spiro atoms. The van der Waals surface area contributed by atoms with Crippen LogP contribution >= 0.6 is 0 Å². The lowest BCUT2D eigenvalue weighted by Gasteiger charge is -2.29. The number of rotatable bonds is 7. The molecular weight excluding hydrogens is 366 g/mol. The van der Waals surface area contributed by atoms with Crippen LogP contribution in [-0.2, 0) is 17.9 Å². The van der Waals surface area contributed by atoms with Crippen molar-refractivity contribution in [2.75, 3.05) is 20.6 Å². The minimum absolute atomic E-state index is 0.201. The largest absolute Gasteiger partial charge is 0.357 e. The van der Waals surface area contributed by atoms with Crippen molar-refractivity contribution in [3.8, 4) is 0 Å². The Morgan fingerprint density at radius 3 is 2.62 bits per heavy atom. The molecule has 0 saturated heterocycles. The Balaban J connectivity index is 2.37. The second-order valence-electron chi connectivity index (χ2n) is 8.94. The number of nitrogens with zero attached hydrogens (tertiary/aromatic N) is 3. The van der Waals surface area contributed by atoms with Crippen LogP contribution in [0.3, 0.4) is 0 Å². The lowest BCUT2D eigenvalue weighted by molar-refractivity contribution is -0.124. The molecule has 2 heterocycles. The van der Waals surface area contributed by atoms with Gasteiger partial charge in [0.2, 0.25) is 5.91 Å². The number of fused-ring (bicyclic) bond motifs is 1. The van der Waals surface area contributed by atoms with Crippen LogP contribution in [-0.4, -0.2) is 52.9 Å². The van der Waals surface area contributed by atoms with E-state index in [9.17, 15) is 9.59 Å². The van der Waals surface area contributed by atoms with E-state index < -0.39 is 11.5 Å². The van der Waals surface area contributed by atoms with Gasteiger partial charge in [0, 0.05) is 20.1 Å². The van der Waals surface area contributed by atoms with Crippen molar-refractivity contribution in [2.45, 2.75) is 72.5 Å². The van der Waals surface area contributed by atoms with Crippen LogP contribution in [0, 0.1) is 5.41 Å². The number of unbranched alkanes of at least 4 members (excludes halogenated alkanes) is 2. The fourth-order valence-corrected chi connectivity index (χ4v) is 3.59. The van der Waals surface area contributed by atoms with Crippen molar-refractivity contribution in [1.82, 2.24) is 25.1 Å². The molecule has 1 aromatic heterocycles. The summed E-state index contributed by atoms with van der Waals surface area (Å²) in [6.07, 6.45) is 8.47. The van der Waals surface area contributed by atoms with Gasteiger partial charge < -0.3 is 20.1 Å². The molecule has 0 aromatic carbocycles. The first-order valence-electron chi connectivity index (χ1n) is 10.7. The summed E-state index contributed by atoms with van der Waals surface area (Å²) in [7, 11) is 3.65. The molecule has 162 valence electrons. The van der Waals surface area contributed by atoms with E-state index in [0.29, 0.717) is 12.2 Å². The second kappa shape index (κ2) is 10.1. The van der Waals surface area contributed by atoms with Crippen LogP contribution in [0.5, 0.6) is 0 Å². The highest BCUT2D eigenvalue weighted by Crippen LogP contribution is 2.23. The van der Waals surface area contributed by atoms with Gasteiger partial charge in [-0.15, -0.1) is 0 Å². The number of nitrogens with one attached hydrogen (secondary N) is 2. The maximum atomic E-state index is 13.2. The molecule has 0 radical (unpaired) electrons. The Morgan fingerprint density at radius 2 is 2.00 bits per heavy atom. The topological polar surface area (TPSA) is 79.3 Å². The molecule has 7 heteroatoms. The third-order valence-corrected chi connectivity index (χ3v) is 5.30. The number of imidazole rings is 1. The summed E-state index contributed by atoms with van der Waals surface area (Å²) >= 11 is 0. The van der Waals surface area contributed by atoms with Crippen LogP contribution in [0.25, 0.3) is 6.08 Å². The van der Waals surface area contributed by atoms with E-state index in [2.05, 4.69) is 40.1 Å². The van der Waals surface area contributed by atoms with Crippen LogP contribution in [0.4, 0.5) is 0 Å². The fourth-order valence-electron chi connectivity index (χ4n) is 3.59. The van der Waals surface area contributed by atoms with E-state index in [-0.39, 0.29) is 11.8 Å². The van der Waals surface area contributed by atoms with Crippen molar-refractivity contribution in [1.29, 1.82) is 0 Å². The molecule has 2 N–H and O–H groups in total. The molecule has 1 atom stereocenters. The maximum Gasteiger partial charge on any atom is 0.272 e. The standard InChI is InChI=1S/C22H37N5O2/c1-7-8-9-10-12-17-24-18(16-15-26(6)13-11-14-27(16)17)20(28)25-19(21(29)23-5)22(2,3)4/h10,12,19H,7-9,11,13-15H2,1-6H3,(H,23,29)(H,25,28)/b12-10+/t19-/m1/s1. The molecule has 7 nitrogen and oxygen atoms in total. The van der Waals surface area contributed by atoms with Gasteiger partial charge in [-0.25, -0.2) is 4.98 Å². The molecule has 29 heavy (non-hydrogen) atoms. The van der Waals surface area contributed by atoms with Crippen LogP contribution < -0.4 is 10.6 Å². The third kappa shape index (κ3) is 5.92. The number of carbonyl (C=O) groups excluding carboxylic acids is 2. The first kappa shape index (κ1) is 23.1. The van der Waals surface area contributed by atoms with Crippen molar-refractivity contribution in [2.24, 2.45) is 5.41 Å². The molecule has 0 saturated carbocycles. The summed E-state index contributed by atoms with van der Waals surface area (Å²) in [6, 6.07) is -0.635. The van der Waals surface area contributed by atoms with E-state index in [1.165, 1.54) is 0 Å². The Hall–Kier alpha value is -2.15. The molecule has 0 unspecified atom stereocenters. The number of likely N-dealkylation sites (N-methyl/N-ethyl adjacent to an activating group) is 1. The molecule has 0 bridgehead atoms. The van der Waals surface area contributed by atoms with E-state index in [4.69, 9.17) is 4.98 Å². The predicted octanol–water partition coefficient (Wildman–Crippen LogP) is 2.81. The Bertz CT molecular complexity index is 745. The number of amides is 2. The number of aromatic nitrogens is 2. The Morgan fingerprint density at radius 1 is 1.28 bits per heavy atom. The Labute approximate surface area is 174 Å². The van der Waals surface area contributed by atoms with E-state index in [1.807, 2.05) is 26.8 Å². The molecule has 0 fully saturated rings. The van der Waals surface area contributed by atoms with Gasteiger partial charge in [0.15, 0.2) is 5.69 Å². The highest BCUT2D eigenvalue weighted by molar-refractivity contribution is 5.97. The average Bonchev–Trinajstić information content (AvgIpc) is 2.86.